The number of hydrogen-bond donors (Lipinski definition) is 0. The van der Waals surface area contributed by atoms with Crippen molar-refractivity contribution in [1.29, 1.82) is 0 Å². The lowest BCUT2D eigenvalue weighted by Crippen LogP contribution is -2.36. The standard InChI is InChI=1S/C11H18ClNO2S3/c1-9(8-16-3)13(2)18(14,15)11-5-4-10(17-11)6-7-12/h4-5,9H,6-8H2,1-3H3. The number of rotatable bonds is 7. The fourth-order valence-corrected chi connectivity index (χ4v) is 5.47. The summed E-state index contributed by atoms with van der Waals surface area (Å²) in [5, 5.41) is 0. The minimum atomic E-state index is -3.36. The summed E-state index contributed by atoms with van der Waals surface area (Å²) < 4.78 is 26.6. The summed E-state index contributed by atoms with van der Waals surface area (Å²) in [5.74, 6) is 1.30. The van der Waals surface area contributed by atoms with Gasteiger partial charge in [0.1, 0.15) is 4.21 Å². The molecule has 0 saturated carbocycles. The number of sulfonamides is 1. The molecule has 3 nitrogen and oxygen atoms in total. The third-order valence-electron chi connectivity index (χ3n) is 2.64. The Labute approximate surface area is 123 Å². The highest BCUT2D eigenvalue weighted by Gasteiger charge is 2.26. The molecule has 1 atom stereocenters. The van der Waals surface area contributed by atoms with Crippen LogP contribution in [0.5, 0.6) is 0 Å². The Morgan fingerprint density at radius 2 is 2.17 bits per heavy atom. The van der Waals surface area contributed by atoms with Gasteiger partial charge in [0.15, 0.2) is 0 Å². The molecule has 1 rings (SSSR count). The van der Waals surface area contributed by atoms with Crippen LogP contribution in [-0.4, -0.2) is 43.7 Å². The lowest BCUT2D eigenvalue weighted by Gasteiger charge is -2.22. The molecule has 0 radical (unpaired) electrons. The zero-order valence-corrected chi connectivity index (χ0v) is 13.9. The third kappa shape index (κ3) is 3.87. The summed E-state index contributed by atoms with van der Waals surface area (Å²) in [6.07, 6.45) is 2.69. The summed E-state index contributed by atoms with van der Waals surface area (Å²) in [5.41, 5.74) is 0. The second kappa shape index (κ2) is 7.14. The van der Waals surface area contributed by atoms with Gasteiger partial charge >= 0.3 is 0 Å². The molecule has 0 fully saturated rings. The van der Waals surface area contributed by atoms with Gasteiger partial charge in [0.25, 0.3) is 10.0 Å². The number of nitrogens with zero attached hydrogens (tertiary/aromatic N) is 1. The van der Waals surface area contributed by atoms with E-state index in [-0.39, 0.29) is 6.04 Å². The SMILES string of the molecule is CSCC(C)N(C)S(=O)(=O)c1ccc(CCCl)s1. The van der Waals surface area contributed by atoms with Crippen LogP contribution in [0.25, 0.3) is 0 Å². The van der Waals surface area contributed by atoms with Crippen LogP contribution in [0, 0.1) is 0 Å². The number of halogens is 1. The van der Waals surface area contributed by atoms with Gasteiger partial charge in [-0.3, -0.25) is 0 Å². The fourth-order valence-electron chi connectivity index (χ4n) is 1.45. The van der Waals surface area contributed by atoms with E-state index in [2.05, 4.69) is 0 Å². The van der Waals surface area contributed by atoms with Crippen LogP contribution in [0.1, 0.15) is 11.8 Å². The molecular formula is C11H18ClNO2S3. The molecule has 104 valence electrons. The Balaban J connectivity index is 2.90. The molecular weight excluding hydrogens is 310 g/mol. The van der Waals surface area contributed by atoms with E-state index in [1.807, 2.05) is 19.2 Å². The van der Waals surface area contributed by atoms with Crippen molar-refractivity contribution in [3.63, 3.8) is 0 Å². The molecule has 0 bridgehead atoms. The van der Waals surface area contributed by atoms with Crippen LogP contribution in [-0.2, 0) is 16.4 Å². The van der Waals surface area contributed by atoms with E-state index in [1.54, 1.807) is 24.9 Å². The molecule has 0 aromatic carbocycles. The van der Waals surface area contributed by atoms with Gasteiger partial charge in [-0.25, -0.2) is 8.42 Å². The first kappa shape index (κ1) is 16.3. The van der Waals surface area contributed by atoms with Crippen molar-refractivity contribution in [2.75, 3.05) is 24.9 Å². The first-order chi connectivity index (χ1) is 8.43. The van der Waals surface area contributed by atoms with Gasteiger partial charge in [-0.1, -0.05) is 0 Å². The van der Waals surface area contributed by atoms with Crippen LogP contribution in [0.3, 0.4) is 0 Å². The Morgan fingerprint density at radius 3 is 2.72 bits per heavy atom. The maximum absolute atomic E-state index is 12.4. The molecule has 1 heterocycles. The average molecular weight is 328 g/mol. The number of thioether (sulfide) groups is 1. The Morgan fingerprint density at radius 1 is 1.50 bits per heavy atom. The number of aryl methyl sites for hydroxylation is 1. The van der Waals surface area contributed by atoms with E-state index in [1.165, 1.54) is 15.6 Å². The Hall–Kier alpha value is 0.250. The van der Waals surface area contributed by atoms with Gasteiger partial charge in [-0.15, -0.1) is 22.9 Å². The van der Waals surface area contributed by atoms with Gasteiger partial charge < -0.3 is 0 Å². The van der Waals surface area contributed by atoms with Crippen molar-refractivity contribution < 1.29 is 8.42 Å². The fraction of sp³-hybridized carbons (Fsp3) is 0.636. The average Bonchev–Trinajstić information content (AvgIpc) is 2.78. The van der Waals surface area contributed by atoms with E-state index in [9.17, 15) is 8.42 Å². The lowest BCUT2D eigenvalue weighted by atomic mass is 10.4. The number of thiophene rings is 1. The highest BCUT2D eigenvalue weighted by atomic mass is 35.5. The summed E-state index contributed by atoms with van der Waals surface area (Å²) in [4.78, 5) is 1.01. The molecule has 0 aliphatic rings. The minimum absolute atomic E-state index is 0.0106. The van der Waals surface area contributed by atoms with Crippen LogP contribution in [0.2, 0.25) is 0 Å². The van der Waals surface area contributed by atoms with Crippen molar-refractivity contribution in [2.24, 2.45) is 0 Å². The number of hydrogen-bond acceptors (Lipinski definition) is 4. The molecule has 0 spiro atoms. The highest BCUT2D eigenvalue weighted by Crippen LogP contribution is 2.26. The molecule has 0 aliphatic carbocycles. The molecule has 0 amide bonds. The molecule has 1 unspecified atom stereocenters. The molecule has 0 aliphatic heterocycles. The normalized spacial score (nSPS) is 14.1. The summed E-state index contributed by atoms with van der Waals surface area (Å²) in [6, 6.07) is 3.50. The van der Waals surface area contributed by atoms with Gasteiger partial charge in [-0.05, 0) is 31.7 Å². The lowest BCUT2D eigenvalue weighted by molar-refractivity contribution is 0.416. The Kier molecular flexibility index (Phi) is 6.47. The maximum atomic E-state index is 12.4. The third-order valence-corrected chi connectivity index (χ3v) is 7.23. The number of alkyl halides is 1. The van der Waals surface area contributed by atoms with Crippen molar-refractivity contribution in [3.05, 3.63) is 17.0 Å². The van der Waals surface area contributed by atoms with E-state index in [0.29, 0.717) is 16.5 Å². The first-order valence-corrected chi connectivity index (χ1v) is 9.73. The van der Waals surface area contributed by atoms with Crippen LogP contribution < -0.4 is 0 Å². The summed E-state index contributed by atoms with van der Waals surface area (Å²) >= 11 is 8.61. The Bertz CT molecular complexity index is 472. The minimum Gasteiger partial charge on any atom is -0.206 e. The van der Waals surface area contributed by atoms with Gasteiger partial charge in [0.05, 0.1) is 0 Å². The summed E-state index contributed by atoms with van der Waals surface area (Å²) in [7, 11) is -1.73. The molecule has 1 aromatic heterocycles. The second-order valence-electron chi connectivity index (χ2n) is 3.99. The zero-order chi connectivity index (χ0) is 13.8. The van der Waals surface area contributed by atoms with Gasteiger partial charge in [-0.2, -0.15) is 16.1 Å². The monoisotopic (exact) mass is 327 g/mol. The van der Waals surface area contributed by atoms with Crippen LogP contribution in [0.4, 0.5) is 0 Å². The highest BCUT2D eigenvalue weighted by molar-refractivity contribution is 7.98. The molecule has 1 aromatic rings. The van der Waals surface area contributed by atoms with Crippen LogP contribution >= 0.6 is 34.7 Å². The van der Waals surface area contributed by atoms with E-state index in [4.69, 9.17) is 11.6 Å². The van der Waals surface area contributed by atoms with Gasteiger partial charge in [0, 0.05) is 29.6 Å². The van der Waals surface area contributed by atoms with Crippen molar-refractivity contribution in [3.8, 4) is 0 Å². The van der Waals surface area contributed by atoms with Crippen molar-refractivity contribution >= 4 is 44.7 Å². The first-order valence-electron chi connectivity index (χ1n) is 5.55. The van der Waals surface area contributed by atoms with Crippen molar-refractivity contribution in [2.45, 2.75) is 23.6 Å². The van der Waals surface area contributed by atoms with E-state index < -0.39 is 10.0 Å². The molecule has 18 heavy (non-hydrogen) atoms. The van der Waals surface area contributed by atoms with Crippen LogP contribution in [0.15, 0.2) is 16.3 Å². The topological polar surface area (TPSA) is 37.4 Å². The predicted octanol–water partition coefficient (Wildman–Crippen LogP) is 2.90. The van der Waals surface area contributed by atoms with E-state index >= 15 is 0 Å². The summed E-state index contributed by atoms with van der Waals surface area (Å²) in [6.45, 7) is 1.92. The largest absolute Gasteiger partial charge is 0.252 e. The smallest absolute Gasteiger partial charge is 0.206 e. The zero-order valence-electron chi connectivity index (χ0n) is 10.7. The predicted molar refractivity (Wildman–Crippen MR) is 81.5 cm³/mol. The molecule has 0 saturated heterocycles. The van der Waals surface area contributed by atoms with Crippen molar-refractivity contribution in [1.82, 2.24) is 4.31 Å². The molecule has 0 N–H and O–H groups in total. The maximum Gasteiger partial charge on any atom is 0.252 e. The van der Waals surface area contributed by atoms with E-state index in [0.717, 1.165) is 10.6 Å². The van der Waals surface area contributed by atoms with Gasteiger partial charge in [0.2, 0.25) is 0 Å². The second-order valence-corrected chi connectivity index (χ2v) is 8.67. The quantitative estimate of drug-likeness (QED) is 0.723. The molecule has 7 heteroatoms.